The summed E-state index contributed by atoms with van der Waals surface area (Å²) in [7, 11) is 0. The van der Waals surface area contributed by atoms with E-state index in [4.69, 9.17) is 46.4 Å². The lowest BCUT2D eigenvalue weighted by atomic mass is 9.82. The third kappa shape index (κ3) is 4.65. The topological polar surface area (TPSA) is 72.0 Å². The van der Waals surface area contributed by atoms with Gasteiger partial charge in [0.05, 0.1) is 32.0 Å². The van der Waals surface area contributed by atoms with E-state index in [1.807, 2.05) is 0 Å². The molecule has 0 saturated heterocycles. The Hall–Kier alpha value is -1.82. The number of hydrogen-bond acceptors (Lipinski definition) is 2. The number of hydrogen-bond donors (Lipinski definition) is 4. The Morgan fingerprint density at radius 3 is 1.70 bits per heavy atom. The molecule has 216 valence electrons. The zero-order valence-electron chi connectivity index (χ0n) is 20.2. The standard InChI is InChI=1S/2C13H10Cl2F3NO/c14-6-4-8-7-2-1-3-12(20,13(16,17)18)11(7)19-10(8)9(15)5-6;14-8-4-7-6-2-1-3-12(20,13(16,17)18)11(6)19-10(7)5-9(8)15/h2*4-5,19-20H,1-3H2/t;12-/m.0/s1. The number of aryl methyl sites for hydroxylation is 2. The quantitative estimate of drug-likeness (QED) is 0.144. The van der Waals surface area contributed by atoms with Crippen LogP contribution in [-0.2, 0) is 24.0 Å². The minimum atomic E-state index is -4.74. The zero-order valence-corrected chi connectivity index (χ0v) is 23.2. The predicted octanol–water partition coefficient (Wildman–Crippen LogP) is 9.12. The van der Waals surface area contributed by atoms with Crippen molar-refractivity contribution in [1.29, 1.82) is 0 Å². The SMILES string of the molecule is OC1(C(F)(F)F)CCCc2c1[nH]c1c(Cl)cc(Cl)cc21.O[C@@]1(C(F)(F)F)CCCc2c1[nH]c1cc(Cl)c(Cl)cc21. The molecule has 2 heterocycles. The Morgan fingerprint density at radius 2 is 1.15 bits per heavy atom. The van der Waals surface area contributed by atoms with Crippen LogP contribution in [0.3, 0.4) is 0 Å². The normalized spacial score (nSPS) is 23.1. The number of halogens is 10. The van der Waals surface area contributed by atoms with Gasteiger partial charge in [-0.15, -0.1) is 0 Å². The molecule has 0 radical (unpaired) electrons. The number of aromatic nitrogens is 2. The second kappa shape index (κ2) is 9.88. The lowest BCUT2D eigenvalue weighted by Gasteiger charge is -2.33. The molecule has 2 aromatic carbocycles. The molecule has 0 bridgehead atoms. The largest absolute Gasteiger partial charge is 0.422 e. The van der Waals surface area contributed by atoms with Crippen LogP contribution in [0.2, 0.25) is 20.1 Å². The van der Waals surface area contributed by atoms with Crippen LogP contribution in [0.5, 0.6) is 0 Å². The molecule has 6 rings (SSSR count). The minimum absolute atomic E-state index is 0.190. The van der Waals surface area contributed by atoms with Crippen LogP contribution in [0.25, 0.3) is 21.8 Å². The molecule has 2 aliphatic carbocycles. The fourth-order valence-corrected chi connectivity index (χ4v) is 6.47. The first-order valence-electron chi connectivity index (χ1n) is 12.1. The Balaban J connectivity index is 0.000000161. The number of fused-ring (bicyclic) bond motifs is 6. The van der Waals surface area contributed by atoms with Gasteiger partial charge in [0.2, 0.25) is 11.2 Å². The van der Waals surface area contributed by atoms with Crippen LogP contribution in [0.1, 0.15) is 48.2 Å². The van der Waals surface area contributed by atoms with Gasteiger partial charge in [-0.2, -0.15) is 26.3 Å². The average molecular weight is 648 g/mol. The maximum absolute atomic E-state index is 13.2. The van der Waals surface area contributed by atoms with Crippen LogP contribution in [-0.4, -0.2) is 32.5 Å². The van der Waals surface area contributed by atoms with E-state index in [9.17, 15) is 36.6 Å². The first-order valence-corrected chi connectivity index (χ1v) is 13.6. The summed E-state index contributed by atoms with van der Waals surface area (Å²) in [5.41, 5.74) is -4.35. The molecule has 0 fully saturated rings. The Morgan fingerprint density at radius 1 is 0.650 bits per heavy atom. The highest BCUT2D eigenvalue weighted by molar-refractivity contribution is 6.42. The molecule has 14 heteroatoms. The van der Waals surface area contributed by atoms with Crippen LogP contribution >= 0.6 is 46.4 Å². The summed E-state index contributed by atoms with van der Waals surface area (Å²) < 4.78 is 79.1. The summed E-state index contributed by atoms with van der Waals surface area (Å²) in [6.07, 6.45) is -8.75. The maximum Gasteiger partial charge on any atom is 0.422 e. The van der Waals surface area contributed by atoms with E-state index in [2.05, 4.69) is 9.97 Å². The van der Waals surface area contributed by atoms with Crippen molar-refractivity contribution in [3.63, 3.8) is 0 Å². The van der Waals surface area contributed by atoms with Crippen molar-refractivity contribution in [3.8, 4) is 0 Å². The van der Waals surface area contributed by atoms with Gasteiger partial charge in [-0.25, -0.2) is 0 Å². The zero-order chi connectivity index (χ0) is 29.4. The molecule has 2 aliphatic rings. The van der Waals surface area contributed by atoms with Crippen LogP contribution in [0, 0.1) is 0 Å². The van der Waals surface area contributed by atoms with E-state index >= 15 is 0 Å². The van der Waals surface area contributed by atoms with Crippen molar-refractivity contribution < 1.29 is 36.6 Å². The van der Waals surface area contributed by atoms with Crippen LogP contribution < -0.4 is 0 Å². The minimum Gasteiger partial charge on any atom is -0.375 e. The molecule has 40 heavy (non-hydrogen) atoms. The molecule has 2 atom stereocenters. The molecule has 0 aliphatic heterocycles. The lowest BCUT2D eigenvalue weighted by Crippen LogP contribution is -2.45. The summed E-state index contributed by atoms with van der Waals surface area (Å²) in [4.78, 5) is 5.32. The number of rotatable bonds is 0. The molecule has 4 aromatic rings. The smallest absolute Gasteiger partial charge is 0.375 e. The van der Waals surface area contributed by atoms with E-state index in [-0.39, 0.29) is 52.1 Å². The molecule has 2 aromatic heterocycles. The summed E-state index contributed by atoms with van der Waals surface area (Å²) in [5, 5.41) is 22.4. The first-order chi connectivity index (χ1) is 18.5. The summed E-state index contributed by atoms with van der Waals surface area (Å²) in [6.45, 7) is 0. The highest BCUT2D eigenvalue weighted by Gasteiger charge is 2.58. The summed E-state index contributed by atoms with van der Waals surface area (Å²) in [6, 6.07) is 6.05. The van der Waals surface area contributed by atoms with E-state index in [1.165, 1.54) is 18.2 Å². The fourth-order valence-electron chi connectivity index (χ4n) is 5.60. The van der Waals surface area contributed by atoms with E-state index in [0.29, 0.717) is 50.8 Å². The number of aromatic amines is 2. The van der Waals surface area contributed by atoms with Crippen molar-refractivity contribution in [2.75, 3.05) is 0 Å². The van der Waals surface area contributed by atoms with Gasteiger partial charge < -0.3 is 20.2 Å². The monoisotopic (exact) mass is 646 g/mol. The number of benzene rings is 2. The number of H-pyrrole nitrogens is 2. The molecule has 0 amide bonds. The fraction of sp³-hybridized carbons (Fsp3) is 0.385. The molecule has 1 unspecified atom stereocenters. The van der Waals surface area contributed by atoms with E-state index in [0.717, 1.165) is 0 Å². The third-order valence-electron chi connectivity index (χ3n) is 7.57. The lowest BCUT2D eigenvalue weighted by molar-refractivity contribution is -0.272. The number of aliphatic hydroxyl groups is 2. The van der Waals surface area contributed by atoms with Crippen molar-refractivity contribution in [2.45, 2.75) is 62.1 Å². The van der Waals surface area contributed by atoms with Gasteiger partial charge in [0.1, 0.15) is 0 Å². The van der Waals surface area contributed by atoms with Gasteiger partial charge in [-0.05, 0) is 73.9 Å². The molecule has 0 spiro atoms. The second-order valence-electron chi connectivity index (χ2n) is 10.0. The van der Waals surface area contributed by atoms with Gasteiger partial charge in [0.25, 0.3) is 0 Å². The molecule has 4 N–H and O–H groups in total. The first kappa shape index (κ1) is 29.7. The van der Waals surface area contributed by atoms with E-state index < -0.39 is 23.6 Å². The van der Waals surface area contributed by atoms with E-state index in [1.54, 1.807) is 6.07 Å². The number of alkyl halides is 6. The highest BCUT2D eigenvalue weighted by atomic mass is 35.5. The number of nitrogens with one attached hydrogen (secondary N) is 2. The molecular weight excluding hydrogens is 628 g/mol. The molecule has 4 nitrogen and oxygen atoms in total. The van der Waals surface area contributed by atoms with Gasteiger partial charge in [0, 0.05) is 21.3 Å². The van der Waals surface area contributed by atoms with Gasteiger partial charge in [-0.3, -0.25) is 0 Å². The summed E-state index contributed by atoms with van der Waals surface area (Å²) in [5.74, 6) is 0. The van der Waals surface area contributed by atoms with Crippen molar-refractivity contribution in [3.05, 3.63) is 66.9 Å². The average Bonchev–Trinajstić information content (AvgIpc) is 3.39. The van der Waals surface area contributed by atoms with Crippen LogP contribution in [0.15, 0.2) is 24.3 Å². The predicted molar refractivity (Wildman–Crippen MR) is 142 cm³/mol. The van der Waals surface area contributed by atoms with Gasteiger partial charge >= 0.3 is 12.4 Å². The van der Waals surface area contributed by atoms with Crippen molar-refractivity contribution in [2.24, 2.45) is 0 Å². The highest BCUT2D eigenvalue weighted by Crippen LogP contribution is 2.50. The van der Waals surface area contributed by atoms with Gasteiger partial charge in [-0.1, -0.05) is 46.4 Å². The Bertz CT molecular complexity index is 1630. The van der Waals surface area contributed by atoms with Crippen molar-refractivity contribution in [1.82, 2.24) is 9.97 Å². The van der Waals surface area contributed by atoms with Crippen molar-refractivity contribution >= 4 is 68.2 Å². The third-order valence-corrected chi connectivity index (χ3v) is 8.81. The molecule has 0 saturated carbocycles. The summed E-state index contributed by atoms with van der Waals surface area (Å²) >= 11 is 23.7. The second-order valence-corrected chi connectivity index (χ2v) is 11.7. The Labute approximate surface area is 243 Å². The maximum atomic E-state index is 13.2. The Kier molecular flexibility index (Phi) is 7.33. The van der Waals surface area contributed by atoms with Gasteiger partial charge in [0.15, 0.2) is 0 Å². The molecular formula is C26H20Cl4F6N2O2. The van der Waals surface area contributed by atoms with Crippen LogP contribution in [0.4, 0.5) is 26.3 Å².